The van der Waals surface area contributed by atoms with Gasteiger partial charge in [-0.25, -0.2) is 4.98 Å². The molecule has 1 heterocycles. The first-order valence-corrected chi connectivity index (χ1v) is 10.7. The Balaban J connectivity index is 1.47. The summed E-state index contributed by atoms with van der Waals surface area (Å²) in [6, 6.07) is 16.9. The van der Waals surface area contributed by atoms with Crippen molar-refractivity contribution in [2.75, 3.05) is 20.1 Å². The second-order valence-electron chi connectivity index (χ2n) is 7.61. The fraction of sp³-hybridized carbons (Fsp3) is 0.391. The van der Waals surface area contributed by atoms with Crippen molar-refractivity contribution in [2.45, 2.75) is 39.2 Å². The van der Waals surface area contributed by atoms with Crippen LogP contribution in [0.1, 0.15) is 48.9 Å². The fourth-order valence-corrected chi connectivity index (χ4v) is 4.18. The Morgan fingerprint density at radius 1 is 1.11 bits per heavy atom. The largest absolute Gasteiger partial charge is 0.355 e. The number of aromatic nitrogens is 1. The van der Waals surface area contributed by atoms with Gasteiger partial charge in [-0.1, -0.05) is 50.2 Å². The molecule has 3 aromatic rings. The van der Waals surface area contributed by atoms with Crippen molar-refractivity contribution >= 4 is 27.5 Å². The molecule has 0 saturated heterocycles. The Kier molecular flexibility index (Phi) is 6.81. The predicted molar refractivity (Wildman–Crippen MR) is 118 cm³/mol. The van der Waals surface area contributed by atoms with E-state index in [0.717, 1.165) is 16.9 Å². The van der Waals surface area contributed by atoms with E-state index in [-0.39, 0.29) is 11.9 Å². The Labute approximate surface area is 171 Å². The van der Waals surface area contributed by atoms with Gasteiger partial charge >= 0.3 is 0 Å². The van der Waals surface area contributed by atoms with Crippen LogP contribution in [0.3, 0.4) is 0 Å². The lowest BCUT2D eigenvalue weighted by molar-refractivity contribution is -0.122. The maximum absolute atomic E-state index is 12.3. The number of fused-ring (bicyclic) bond motifs is 1. The minimum Gasteiger partial charge on any atom is -0.355 e. The molecule has 2 aromatic carbocycles. The third-order valence-corrected chi connectivity index (χ3v) is 6.31. The van der Waals surface area contributed by atoms with E-state index in [0.29, 0.717) is 19.0 Å². The molecule has 0 aliphatic rings. The SMILES string of the molecule is CC(C)c1ccc(CCNC(=O)CN(C)[C@H](C)c2nc3ccccc3s2)cc1. The molecule has 0 spiro atoms. The average molecular weight is 396 g/mol. The number of para-hydroxylation sites is 1. The van der Waals surface area contributed by atoms with E-state index < -0.39 is 0 Å². The van der Waals surface area contributed by atoms with E-state index in [9.17, 15) is 4.79 Å². The summed E-state index contributed by atoms with van der Waals surface area (Å²) in [4.78, 5) is 19.1. The number of nitrogens with one attached hydrogen (secondary N) is 1. The van der Waals surface area contributed by atoms with Gasteiger partial charge in [-0.3, -0.25) is 9.69 Å². The zero-order chi connectivity index (χ0) is 20.1. The van der Waals surface area contributed by atoms with Gasteiger partial charge in [0.2, 0.25) is 5.91 Å². The number of hydrogen-bond acceptors (Lipinski definition) is 4. The van der Waals surface area contributed by atoms with Crippen molar-refractivity contribution in [2.24, 2.45) is 0 Å². The Hall–Kier alpha value is -2.24. The number of rotatable bonds is 8. The molecular formula is C23H29N3OS. The standard InChI is InChI=1S/C23H29N3OS/c1-16(2)19-11-9-18(10-12-19)13-14-24-22(27)15-26(4)17(3)23-25-20-7-5-6-8-21(20)28-23/h5-12,16-17H,13-15H2,1-4H3,(H,24,27)/t17-/m1/s1. The molecule has 148 valence electrons. The van der Waals surface area contributed by atoms with E-state index in [1.807, 2.05) is 30.1 Å². The molecule has 1 atom stereocenters. The van der Waals surface area contributed by atoms with Gasteiger partial charge in [-0.05, 0) is 49.6 Å². The van der Waals surface area contributed by atoms with Crippen molar-refractivity contribution < 1.29 is 4.79 Å². The first-order chi connectivity index (χ1) is 13.4. The van der Waals surface area contributed by atoms with E-state index in [2.05, 4.69) is 56.4 Å². The maximum atomic E-state index is 12.3. The van der Waals surface area contributed by atoms with E-state index in [1.54, 1.807) is 11.3 Å². The number of carbonyl (C=O) groups excluding carboxylic acids is 1. The maximum Gasteiger partial charge on any atom is 0.234 e. The van der Waals surface area contributed by atoms with Crippen molar-refractivity contribution in [3.63, 3.8) is 0 Å². The highest BCUT2D eigenvalue weighted by atomic mass is 32.1. The van der Waals surface area contributed by atoms with E-state index in [1.165, 1.54) is 15.8 Å². The number of hydrogen-bond donors (Lipinski definition) is 1. The van der Waals surface area contributed by atoms with Gasteiger partial charge < -0.3 is 5.32 Å². The molecule has 0 unspecified atom stereocenters. The number of nitrogens with zero attached hydrogens (tertiary/aromatic N) is 2. The lowest BCUT2D eigenvalue weighted by atomic mass is 10.0. The molecule has 28 heavy (non-hydrogen) atoms. The molecule has 0 radical (unpaired) electrons. The molecule has 0 saturated carbocycles. The van der Waals surface area contributed by atoms with Crippen LogP contribution in [-0.2, 0) is 11.2 Å². The minimum atomic E-state index is 0.0502. The Morgan fingerprint density at radius 3 is 2.50 bits per heavy atom. The third-order valence-electron chi connectivity index (χ3n) is 5.10. The van der Waals surface area contributed by atoms with Gasteiger partial charge in [0.1, 0.15) is 5.01 Å². The molecule has 3 rings (SSSR count). The molecule has 0 fully saturated rings. The second kappa shape index (κ2) is 9.30. The fourth-order valence-electron chi connectivity index (χ4n) is 3.09. The highest BCUT2D eigenvalue weighted by Crippen LogP contribution is 2.28. The molecule has 0 bridgehead atoms. The summed E-state index contributed by atoms with van der Waals surface area (Å²) in [5, 5.41) is 4.08. The lowest BCUT2D eigenvalue weighted by Crippen LogP contribution is -2.37. The zero-order valence-electron chi connectivity index (χ0n) is 17.1. The highest BCUT2D eigenvalue weighted by Gasteiger charge is 2.18. The summed E-state index contributed by atoms with van der Waals surface area (Å²) in [5.41, 5.74) is 3.62. The number of benzene rings is 2. The van der Waals surface area contributed by atoms with Crippen LogP contribution in [0.5, 0.6) is 0 Å². The van der Waals surface area contributed by atoms with Crippen LogP contribution in [0, 0.1) is 0 Å². The van der Waals surface area contributed by atoms with Gasteiger partial charge in [-0.15, -0.1) is 11.3 Å². The lowest BCUT2D eigenvalue weighted by Gasteiger charge is -2.22. The van der Waals surface area contributed by atoms with Crippen LogP contribution < -0.4 is 5.32 Å². The van der Waals surface area contributed by atoms with E-state index in [4.69, 9.17) is 4.98 Å². The Morgan fingerprint density at radius 2 is 1.82 bits per heavy atom. The molecule has 0 aliphatic carbocycles. The molecule has 1 N–H and O–H groups in total. The molecule has 4 nitrogen and oxygen atoms in total. The first-order valence-electron chi connectivity index (χ1n) is 9.85. The van der Waals surface area contributed by atoms with Gasteiger partial charge in [-0.2, -0.15) is 0 Å². The van der Waals surface area contributed by atoms with Crippen LogP contribution in [0.4, 0.5) is 0 Å². The van der Waals surface area contributed by atoms with Crippen LogP contribution in [-0.4, -0.2) is 35.9 Å². The predicted octanol–water partition coefficient (Wildman–Crippen LogP) is 4.77. The third kappa shape index (κ3) is 5.18. The van der Waals surface area contributed by atoms with Crippen molar-refractivity contribution in [1.29, 1.82) is 0 Å². The van der Waals surface area contributed by atoms with Crippen molar-refractivity contribution in [1.82, 2.24) is 15.2 Å². The van der Waals surface area contributed by atoms with Crippen molar-refractivity contribution in [3.05, 3.63) is 64.7 Å². The molecule has 1 amide bonds. The van der Waals surface area contributed by atoms with Gasteiger partial charge in [0, 0.05) is 6.54 Å². The van der Waals surface area contributed by atoms with Gasteiger partial charge in [0.05, 0.1) is 22.8 Å². The zero-order valence-corrected chi connectivity index (χ0v) is 17.9. The summed E-state index contributed by atoms with van der Waals surface area (Å²) in [6.45, 7) is 7.51. The number of carbonyl (C=O) groups is 1. The summed E-state index contributed by atoms with van der Waals surface area (Å²) in [5.74, 6) is 0.593. The highest BCUT2D eigenvalue weighted by molar-refractivity contribution is 7.18. The van der Waals surface area contributed by atoms with Gasteiger partial charge in [0.15, 0.2) is 0 Å². The number of thiazole rings is 1. The quantitative estimate of drug-likeness (QED) is 0.597. The van der Waals surface area contributed by atoms with Crippen LogP contribution >= 0.6 is 11.3 Å². The van der Waals surface area contributed by atoms with Crippen LogP contribution in [0.2, 0.25) is 0 Å². The molecule has 5 heteroatoms. The first kappa shape index (κ1) is 20.5. The second-order valence-corrected chi connectivity index (χ2v) is 8.67. The van der Waals surface area contributed by atoms with Gasteiger partial charge in [0.25, 0.3) is 0 Å². The smallest absolute Gasteiger partial charge is 0.234 e. The van der Waals surface area contributed by atoms with Crippen molar-refractivity contribution in [3.8, 4) is 0 Å². The summed E-state index contributed by atoms with van der Waals surface area (Å²) >= 11 is 1.69. The number of amides is 1. The normalized spacial score (nSPS) is 12.6. The average Bonchev–Trinajstić information content (AvgIpc) is 3.12. The molecular weight excluding hydrogens is 366 g/mol. The number of likely N-dealkylation sites (N-methyl/N-ethyl adjacent to an activating group) is 1. The molecule has 0 aliphatic heterocycles. The minimum absolute atomic E-state index is 0.0502. The Bertz CT molecular complexity index is 884. The summed E-state index contributed by atoms with van der Waals surface area (Å²) < 4.78 is 1.19. The topological polar surface area (TPSA) is 45.2 Å². The van der Waals surface area contributed by atoms with E-state index >= 15 is 0 Å². The van der Waals surface area contributed by atoms with Crippen LogP contribution in [0.15, 0.2) is 48.5 Å². The summed E-state index contributed by atoms with van der Waals surface area (Å²) in [7, 11) is 1.97. The monoisotopic (exact) mass is 395 g/mol. The molecule has 1 aromatic heterocycles. The van der Waals surface area contributed by atoms with Crippen LogP contribution in [0.25, 0.3) is 10.2 Å². The summed E-state index contributed by atoms with van der Waals surface area (Å²) in [6.07, 6.45) is 0.848.